The lowest BCUT2D eigenvalue weighted by Gasteiger charge is -2.10. The number of fused-ring (bicyclic) bond motifs is 1. The SMILES string of the molecule is O=C1C=C(Br)c2ccncc2C1. The molecule has 0 N–H and O–H groups in total. The third kappa shape index (κ3) is 1.20. The van der Waals surface area contributed by atoms with Gasteiger partial charge in [-0.25, -0.2) is 0 Å². The molecule has 2 rings (SSSR count). The number of halogens is 1. The van der Waals surface area contributed by atoms with E-state index in [-0.39, 0.29) is 5.78 Å². The summed E-state index contributed by atoms with van der Waals surface area (Å²) >= 11 is 3.34. The average Bonchev–Trinajstić information content (AvgIpc) is 2.04. The smallest absolute Gasteiger partial charge is 0.161 e. The van der Waals surface area contributed by atoms with E-state index in [2.05, 4.69) is 20.9 Å². The van der Waals surface area contributed by atoms with Gasteiger partial charge >= 0.3 is 0 Å². The summed E-state index contributed by atoms with van der Waals surface area (Å²) in [5.74, 6) is 0.127. The monoisotopic (exact) mass is 223 g/mol. The van der Waals surface area contributed by atoms with E-state index < -0.39 is 0 Å². The molecule has 1 aliphatic rings. The van der Waals surface area contributed by atoms with Crippen LogP contribution in [-0.4, -0.2) is 10.8 Å². The number of pyridine rings is 1. The zero-order valence-electron chi connectivity index (χ0n) is 6.25. The number of nitrogens with zero attached hydrogens (tertiary/aromatic N) is 1. The largest absolute Gasteiger partial charge is 0.294 e. The highest BCUT2D eigenvalue weighted by Crippen LogP contribution is 2.28. The third-order valence-corrected chi connectivity index (χ3v) is 2.47. The fourth-order valence-corrected chi connectivity index (χ4v) is 1.90. The van der Waals surface area contributed by atoms with Crippen LogP contribution in [0.25, 0.3) is 4.48 Å². The van der Waals surface area contributed by atoms with Gasteiger partial charge in [-0.05, 0) is 23.3 Å². The summed E-state index contributed by atoms with van der Waals surface area (Å²) in [4.78, 5) is 15.1. The van der Waals surface area contributed by atoms with Gasteiger partial charge in [-0.2, -0.15) is 0 Å². The second-order valence-electron chi connectivity index (χ2n) is 2.67. The molecule has 0 fully saturated rings. The zero-order chi connectivity index (χ0) is 8.55. The summed E-state index contributed by atoms with van der Waals surface area (Å²) in [6.07, 6.45) is 5.55. The van der Waals surface area contributed by atoms with E-state index in [1.807, 2.05) is 6.07 Å². The first-order valence-electron chi connectivity index (χ1n) is 3.60. The van der Waals surface area contributed by atoms with Crippen LogP contribution in [-0.2, 0) is 11.2 Å². The fourth-order valence-electron chi connectivity index (χ4n) is 1.26. The van der Waals surface area contributed by atoms with E-state index in [0.29, 0.717) is 6.42 Å². The fraction of sp³-hybridized carbons (Fsp3) is 0.111. The Balaban J connectivity index is 2.60. The number of hydrogen-bond acceptors (Lipinski definition) is 2. The first-order chi connectivity index (χ1) is 5.77. The maximum absolute atomic E-state index is 11.1. The molecule has 12 heavy (non-hydrogen) atoms. The summed E-state index contributed by atoms with van der Waals surface area (Å²) in [6, 6.07) is 1.91. The Bertz CT molecular complexity index is 371. The van der Waals surface area contributed by atoms with Gasteiger partial charge in [0.05, 0.1) is 0 Å². The molecule has 0 atom stereocenters. The Kier molecular flexibility index (Phi) is 1.81. The van der Waals surface area contributed by atoms with Gasteiger partial charge in [0.25, 0.3) is 0 Å². The van der Waals surface area contributed by atoms with Crippen LogP contribution in [0.5, 0.6) is 0 Å². The van der Waals surface area contributed by atoms with Crippen molar-refractivity contribution in [2.45, 2.75) is 6.42 Å². The highest BCUT2D eigenvalue weighted by atomic mass is 79.9. The van der Waals surface area contributed by atoms with Crippen LogP contribution in [0.3, 0.4) is 0 Å². The summed E-state index contributed by atoms with van der Waals surface area (Å²) in [5.41, 5.74) is 2.07. The van der Waals surface area contributed by atoms with Crippen molar-refractivity contribution in [1.29, 1.82) is 0 Å². The van der Waals surface area contributed by atoms with Crippen molar-refractivity contribution in [1.82, 2.24) is 4.98 Å². The predicted octanol–water partition coefficient (Wildman–Crippen LogP) is 1.94. The molecule has 1 aromatic rings. The molecule has 0 aromatic carbocycles. The van der Waals surface area contributed by atoms with Gasteiger partial charge in [0.15, 0.2) is 5.78 Å². The molecule has 1 heterocycles. The Hall–Kier alpha value is -0.960. The van der Waals surface area contributed by atoms with Gasteiger partial charge in [-0.15, -0.1) is 0 Å². The quantitative estimate of drug-likeness (QED) is 0.674. The molecule has 0 amide bonds. The maximum atomic E-state index is 11.1. The molecular weight excluding hydrogens is 218 g/mol. The lowest BCUT2D eigenvalue weighted by molar-refractivity contribution is -0.114. The van der Waals surface area contributed by atoms with Crippen LogP contribution in [0.2, 0.25) is 0 Å². The topological polar surface area (TPSA) is 30.0 Å². The molecule has 0 unspecified atom stereocenters. The van der Waals surface area contributed by atoms with Crippen molar-refractivity contribution in [3.05, 3.63) is 35.7 Å². The molecule has 2 nitrogen and oxygen atoms in total. The van der Waals surface area contributed by atoms with Crippen LogP contribution < -0.4 is 0 Å². The van der Waals surface area contributed by atoms with E-state index >= 15 is 0 Å². The number of carbonyl (C=O) groups excluding carboxylic acids is 1. The molecular formula is C9H6BrNO. The minimum atomic E-state index is 0.127. The number of allylic oxidation sites excluding steroid dienone is 1. The molecule has 0 bridgehead atoms. The van der Waals surface area contributed by atoms with Crippen molar-refractivity contribution < 1.29 is 4.79 Å². The molecule has 0 saturated carbocycles. The lowest BCUT2D eigenvalue weighted by atomic mass is 9.99. The second kappa shape index (κ2) is 2.83. The number of aromatic nitrogens is 1. The molecule has 0 saturated heterocycles. The molecule has 0 radical (unpaired) electrons. The average molecular weight is 224 g/mol. The Morgan fingerprint density at radius 3 is 3.17 bits per heavy atom. The van der Waals surface area contributed by atoms with Crippen LogP contribution >= 0.6 is 15.9 Å². The first-order valence-corrected chi connectivity index (χ1v) is 4.40. The van der Waals surface area contributed by atoms with Gasteiger partial charge in [0.1, 0.15) is 0 Å². The lowest BCUT2D eigenvalue weighted by Crippen LogP contribution is -2.07. The predicted molar refractivity (Wildman–Crippen MR) is 49.9 cm³/mol. The van der Waals surface area contributed by atoms with E-state index in [1.165, 1.54) is 0 Å². The number of hydrogen-bond donors (Lipinski definition) is 0. The first kappa shape index (κ1) is 7.68. The maximum Gasteiger partial charge on any atom is 0.161 e. The van der Waals surface area contributed by atoms with Gasteiger partial charge < -0.3 is 0 Å². The van der Waals surface area contributed by atoms with Gasteiger partial charge in [0, 0.05) is 23.3 Å². The van der Waals surface area contributed by atoms with Crippen molar-refractivity contribution in [2.75, 3.05) is 0 Å². The number of rotatable bonds is 0. The van der Waals surface area contributed by atoms with E-state index in [4.69, 9.17) is 0 Å². The second-order valence-corrected chi connectivity index (χ2v) is 3.52. The minimum Gasteiger partial charge on any atom is -0.294 e. The summed E-state index contributed by atoms with van der Waals surface area (Å²) < 4.78 is 0.858. The molecule has 1 aliphatic carbocycles. The molecule has 0 spiro atoms. The highest BCUT2D eigenvalue weighted by Gasteiger charge is 2.14. The standard InChI is InChI=1S/C9H6BrNO/c10-9-4-7(12)3-6-5-11-2-1-8(6)9/h1-2,4-5H,3H2. The van der Waals surface area contributed by atoms with Crippen LogP contribution in [0.1, 0.15) is 11.1 Å². The van der Waals surface area contributed by atoms with Crippen molar-refractivity contribution in [3.63, 3.8) is 0 Å². The van der Waals surface area contributed by atoms with Crippen molar-refractivity contribution in [3.8, 4) is 0 Å². The molecule has 1 aromatic heterocycles. The van der Waals surface area contributed by atoms with Gasteiger partial charge in [-0.3, -0.25) is 9.78 Å². The Morgan fingerprint density at radius 1 is 1.50 bits per heavy atom. The number of ketones is 1. The van der Waals surface area contributed by atoms with E-state index in [1.54, 1.807) is 18.5 Å². The summed E-state index contributed by atoms with van der Waals surface area (Å²) in [7, 11) is 0. The number of carbonyl (C=O) groups is 1. The van der Waals surface area contributed by atoms with Crippen LogP contribution in [0.15, 0.2) is 24.5 Å². The molecule has 0 aliphatic heterocycles. The summed E-state index contributed by atoms with van der Waals surface area (Å²) in [5, 5.41) is 0. The van der Waals surface area contributed by atoms with Crippen molar-refractivity contribution >= 4 is 26.2 Å². The van der Waals surface area contributed by atoms with E-state index in [9.17, 15) is 4.79 Å². The van der Waals surface area contributed by atoms with Crippen LogP contribution in [0, 0.1) is 0 Å². The van der Waals surface area contributed by atoms with E-state index in [0.717, 1.165) is 15.6 Å². The minimum absolute atomic E-state index is 0.127. The van der Waals surface area contributed by atoms with Crippen molar-refractivity contribution in [2.24, 2.45) is 0 Å². The Labute approximate surface area is 78.4 Å². The third-order valence-electron chi connectivity index (χ3n) is 1.81. The normalized spacial score (nSPS) is 15.4. The summed E-state index contributed by atoms with van der Waals surface area (Å²) in [6.45, 7) is 0. The highest BCUT2D eigenvalue weighted by molar-refractivity contribution is 9.15. The zero-order valence-corrected chi connectivity index (χ0v) is 7.84. The Morgan fingerprint density at radius 2 is 2.33 bits per heavy atom. The molecule has 3 heteroatoms. The van der Waals surface area contributed by atoms with Gasteiger partial charge in [-0.1, -0.05) is 15.9 Å². The van der Waals surface area contributed by atoms with Crippen LogP contribution in [0.4, 0.5) is 0 Å². The molecule has 60 valence electrons. The van der Waals surface area contributed by atoms with Gasteiger partial charge in [0.2, 0.25) is 0 Å².